The molecule has 4 rings (SSSR count). The van der Waals surface area contributed by atoms with Crippen molar-refractivity contribution in [2.24, 2.45) is 0 Å². The zero-order chi connectivity index (χ0) is 17.0. The van der Waals surface area contributed by atoms with Crippen LogP contribution in [-0.4, -0.2) is 23.7 Å². The van der Waals surface area contributed by atoms with Gasteiger partial charge in [0, 0.05) is 10.9 Å². The molecule has 1 aliphatic rings. The molecular formula is C18H13BrN2O3. The highest BCUT2D eigenvalue weighted by atomic mass is 79.9. The fourth-order valence-corrected chi connectivity index (χ4v) is 3.74. The van der Waals surface area contributed by atoms with E-state index in [1.807, 2.05) is 31.2 Å². The second-order valence-electron chi connectivity index (χ2n) is 5.70. The molecule has 0 aliphatic carbocycles. The van der Waals surface area contributed by atoms with Crippen LogP contribution < -0.4 is 10.2 Å². The van der Waals surface area contributed by atoms with Gasteiger partial charge in [0.25, 0.3) is 11.8 Å². The van der Waals surface area contributed by atoms with E-state index in [1.165, 1.54) is 0 Å². The number of hydrogen-bond donors (Lipinski definition) is 1. The maximum absolute atomic E-state index is 11.9. The highest BCUT2D eigenvalue weighted by Gasteiger charge is 2.29. The second-order valence-corrected chi connectivity index (χ2v) is 6.50. The lowest BCUT2D eigenvalue weighted by Gasteiger charge is -2.09. The van der Waals surface area contributed by atoms with E-state index in [0.717, 1.165) is 32.2 Å². The van der Waals surface area contributed by atoms with Gasteiger partial charge in [0.05, 0.1) is 21.1 Å². The van der Waals surface area contributed by atoms with Crippen LogP contribution >= 0.6 is 15.9 Å². The SMILES string of the molecule is COn1c(-c2ccc(C)cc2)c(Br)c2cc3c(cc21)C(=O)NC3=O. The quantitative estimate of drug-likeness (QED) is 0.689. The van der Waals surface area contributed by atoms with Crippen molar-refractivity contribution >= 4 is 38.6 Å². The molecular weight excluding hydrogens is 372 g/mol. The molecule has 1 aliphatic heterocycles. The Balaban J connectivity index is 2.06. The first-order chi connectivity index (χ1) is 11.5. The van der Waals surface area contributed by atoms with Gasteiger partial charge in [0.2, 0.25) is 0 Å². The average molecular weight is 385 g/mol. The van der Waals surface area contributed by atoms with E-state index in [0.29, 0.717) is 11.1 Å². The van der Waals surface area contributed by atoms with Gasteiger partial charge in [-0.25, -0.2) is 0 Å². The van der Waals surface area contributed by atoms with Gasteiger partial charge in [-0.2, -0.15) is 4.73 Å². The molecule has 0 atom stereocenters. The van der Waals surface area contributed by atoms with Gasteiger partial charge in [-0.1, -0.05) is 29.8 Å². The van der Waals surface area contributed by atoms with E-state index in [-0.39, 0.29) is 11.8 Å². The first-order valence-corrected chi connectivity index (χ1v) is 8.15. The normalized spacial score (nSPS) is 13.3. The van der Waals surface area contributed by atoms with Gasteiger partial charge >= 0.3 is 0 Å². The van der Waals surface area contributed by atoms with Crippen LogP contribution in [0.15, 0.2) is 40.9 Å². The Morgan fingerprint density at radius 1 is 1.04 bits per heavy atom. The van der Waals surface area contributed by atoms with Crippen LogP contribution in [0.4, 0.5) is 0 Å². The highest BCUT2D eigenvalue weighted by Crippen LogP contribution is 2.39. The molecule has 2 amide bonds. The van der Waals surface area contributed by atoms with Crippen molar-refractivity contribution in [2.45, 2.75) is 6.92 Å². The number of halogens is 1. The molecule has 2 aromatic carbocycles. The summed E-state index contributed by atoms with van der Waals surface area (Å²) in [5, 5.41) is 3.13. The minimum absolute atomic E-state index is 0.367. The largest absolute Gasteiger partial charge is 0.416 e. The molecule has 0 fully saturated rings. The number of benzene rings is 2. The van der Waals surface area contributed by atoms with Crippen molar-refractivity contribution in [3.8, 4) is 11.3 Å². The van der Waals surface area contributed by atoms with Gasteiger partial charge in [0.15, 0.2) is 0 Å². The number of imide groups is 1. The van der Waals surface area contributed by atoms with E-state index >= 15 is 0 Å². The average Bonchev–Trinajstić information content (AvgIpc) is 3.01. The summed E-state index contributed by atoms with van der Waals surface area (Å²) in [6.45, 7) is 2.03. The Bertz CT molecular complexity index is 1020. The summed E-state index contributed by atoms with van der Waals surface area (Å²) in [6.07, 6.45) is 0. The van der Waals surface area contributed by atoms with Crippen molar-refractivity contribution < 1.29 is 14.4 Å². The lowest BCUT2D eigenvalue weighted by molar-refractivity contribution is 0.0879. The third-order valence-electron chi connectivity index (χ3n) is 4.23. The van der Waals surface area contributed by atoms with Crippen LogP contribution in [0.1, 0.15) is 26.3 Å². The number of carbonyl (C=O) groups is 2. The fourth-order valence-electron chi connectivity index (χ4n) is 3.03. The smallest absolute Gasteiger partial charge is 0.259 e. The van der Waals surface area contributed by atoms with Gasteiger partial charge in [-0.05, 0) is 35.0 Å². The molecule has 0 saturated carbocycles. The number of nitrogens with zero attached hydrogens (tertiary/aromatic N) is 1. The first kappa shape index (κ1) is 15.0. The monoisotopic (exact) mass is 384 g/mol. The molecule has 0 bridgehead atoms. The summed E-state index contributed by atoms with van der Waals surface area (Å²) in [5.74, 6) is -0.750. The standard InChI is InChI=1S/C18H13BrN2O3/c1-9-3-5-10(6-4-9)16-15(19)13-7-11-12(18(23)20-17(11)22)8-14(13)21(16)24-2/h3-8H,1-2H3,(H,20,22,23). The van der Waals surface area contributed by atoms with Crippen molar-refractivity contribution in [1.29, 1.82) is 0 Å². The Morgan fingerprint density at radius 2 is 1.67 bits per heavy atom. The number of amides is 2. The van der Waals surface area contributed by atoms with E-state index in [9.17, 15) is 9.59 Å². The number of nitrogens with one attached hydrogen (secondary N) is 1. The number of fused-ring (bicyclic) bond motifs is 2. The molecule has 5 nitrogen and oxygen atoms in total. The summed E-state index contributed by atoms with van der Waals surface area (Å²) >= 11 is 3.62. The third kappa shape index (κ3) is 1.99. The van der Waals surface area contributed by atoms with E-state index in [4.69, 9.17) is 4.84 Å². The van der Waals surface area contributed by atoms with Crippen LogP contribution in [0, 0.1) is 6.92 Å². The van der Waals surface area contributed by atoms with Crippen LogP contribution in [-0.2, 0) is 0 Å². The number of rotatable bonds is 2. The van der Waals surface area contributed by atoms with E-state index in [1.54, 1.807) is 24.0 Å². The van der Waals surface area contributed by atoms with Gasteiger partial charge in [-0.15, -0.1) is 0 Å². The summed E-state index contributed by atoms with van der Waals surface area (Å²) in [4.78, 5) is 29.4. The highest BCUT2D eigenvalue weighted by molar-refractivity contribution is 9.10. The summed E-state index contributed by atoms with van der Waals surface area (Å²) in [5.41, 5.74) is 4.45. The van der Waals surface area contributed by atoms with Gasteiger partial charge < -0.3 is 4.84 Å². The first-order valence-electron chi connectivity index (χ1n) is 7.36. The minimum atomic E-state index is -0.381. The Kier molecular flexibility index (Phi) is 3.25. The predicted molar refractivity (Wildman–Crippen MR) is 94.1 cm³/mol. The number of carbonyl (C=O) groups excluding carboxylic acids is 2. The van der Waals surface area contributed by atoms with Crippen LogP contribution in [0.2, 0.25) is 0 Å². The van der Waals surface area contributed by atoms with E-state index in [2.05, 4.69) is 21.2 Å². The summed E-state index contributed by atoms with van der Waals surface area (Å²) < 4.78 is 2.48. The Morgan fingerprint density at radius 3 is 2.29 bits per heavy atom. The topological polar surface area (TPSA) is 60.3 Å². The van der Waals surface area contributed by atoms with E-state index < -0.39 is 0 Å². The molecule has 24 heavy (non-hydrogen) atoms. The Hall–Kier alpha value is -2.60. The van der Waals surface area contributed by atoms with Crippen molar-refractivity contribution in [3.05, 3.63) is 57.6 Å². The lowest BCUT2D eigenvalue weighted by Crippen LogP contribution is -2.19. The number of hydrogen-bond acceptors (Lipinski definition) is 3. The maximum atomic E-state index is 11.9. The fraction of sp³-hybridized carbons (Fsp3) is 0.111. The summed E-state index contributed by atoms with van der Waals surface area (Å²) in [7, 11) is 1.57. The lowest BCUT2D eigenvalue weighted by atomic mass is 10.1. The predicted octanol–water partition coefficient (Wildman–Crippen LogP) is 3.32. The molecule has 0 saturated heterocycles. The van der Waals surface area contributed by atoms with Crippen LogP contribution in [0.5, 0.6) is 0 Å². The molecule has 1 aromatic heterocycles. The third-order valence-corrected chi connectivity index (χ3v) is 5.03. The number of aromatic nitrogens is 1. The molecule has 0 radical (unpaired) electrons. The molecule has 2 heterocycles. The second kappa shape index (κ2) is 5.21. The van der Waals surface area contributed by atoms with Crippen LogP contribution in [0.25, 0.3) is 22.2 Å². The zero-order valence-corrected chi connectivity index (χ0v) is 14.6. The molecule has 3 aromatic rings. The summed E-state index contributed by atoms with van der Waals surface area (Å²) in [6, 6.07) is 11.5. The minimum Gasteiger partial charge on any atom is -0.416 e. The molecule has 120 valence electrons. The van der Waals surface area contributed by atoms with Crippen molar-refractivity contribution in [3.63, 3.8) is 0 Å². The molecule has 0 unspecified atom stereocenters. The van der Waals surface area contributed by atoms with Gasteiger partial charge in [0.1, 0.15) is 12.8 Å². The maximum Gasteiger partial charge on any atom is 0.259 e. The Labute approximate surface area is 146 Å². The van der Waals surface area contributed by atoms with Crippen molar-refractivity contribution in [1.82, 2.24) is 10.0 Å². The number of aryl methyl sites for hydroxylation is 1. The molecule has 0 spiro atoms. The molecule has 6 heteroatoms. The van der Waals surface area contributed by atoms with Crippen molar-refractivity contribution in [2.75, 3.05) is 7.11 Å². The van der Waals surface area contributed by atoms with Crippen LogP contribution in [0.3, 0.4) is 0 Å². The van der Waals surface area contributed by atoms with Gasteiger partial charge in [-0.3, -0.25) is 14.9 Å². The zero-order valence-electron chi connectivity index (χ0n) is 13.0. The molecule has 1 N–H and O–H groups in total.